The van der Waals surface area contributed by atoms with Gasteiger partial charge in [0.05, 0.1) is 0 Å². The van der Waals surface area contributed by atoms with Crippen LogP contribution in [0.1, 0.15) is 43.4 Å². The molecule has 0 radical (unpaired) electrons. The van der Waals surface area contributed by atoms with Crippen molar-refractivity contribution in [3.8, 4) is 33.4 Å². The minimum atomic E-state index is -0.101. The van der Waals surface area contributed by atoms with Gasteiger partial charge in [0.15, 0.2) is 0 Å². The Balaban J connectivity index is 1.16. The number of rotatable bonds is 6. The fourth-order valence-electron chi connectivity index (χ4n) is 8.61. The number of anilines is 3. The van der Waals surface area contributed by atoms with Gasteiger partial charge in [-0.1, -0.05) is 141 Å². The number of fused-ring (bicyclic) bond motifs is 6. The highest BCUT2D eigenvalue weighted by Crippen LogP contribution is 2.51. The zero-order chi connectivity index (χ0) is 35.5. The molecule has 0 fully saturated rings. The quantitative estimate of drug-likeness (QED) is 0.167. The van der Waals surface area contributed by atoms with Crippen molar-refractivity contribution in [3.63, 3.8) is 0 Å². The van der Waals surface area contributed by atoms with E-state index >= 15 is 0 Å². The summed E-state index contributed by atoms with van der Waals surface area (Å²) in [6.45, 7) is 4.73. The van der Waals surface area contributed by atoms with Crippen LogP contribution in [0.5, 0.6) is 0 Å². The van der Waals surface area contributed by atoms with Crippen LogP contribution in [0, 0.1) is 0 Å². The van der Waals surface area contributed by atoms with E-state index in [1.807, 2.05) is 11.3 Å². The summed E-state index contributed by atoms with van der Waals surface area (Å²) in [4.78, 5) is 2.47. The minimum Gasteiger partial charge on any atom is -0.310 e. The molecular formula is C51H39NS. The molecule has 1 nitrogen and oxygen atoms in total. The van der Waals surface area contributed by atoms with E-state index in [9.17, 15) is 0 Å². The number of benzene rings is 7. The molecule has 0 saturated carbocycles. The van der Waals surface area contributed by atoms with Crippen LogP contribution in [0.4, 0.5) is 17.1 Å². The number of nitrogens with zero attached hydrogens (tertiary/aromatic N) is 1. The van der Waals surface area contributed by atoms with E-state index in [0.29, 0.717) is 0 Å². The maximum Gasteiger partial charge on any atom is 0.0473 e. The summed E-state index contributed by atoms with van der Waals surface area (Å²) in [5, 5.41) is 2.66. The second kappa shape index (κ2) is 12.6. The van der Waals surface area contributed by atoms with Crippen molar-refractivity contribution >= 4 is 54.1 Å². The number of thiophene rings is 1. The van der Waals surface area contributed by atoms with Gasteiger partial charge >= 0.3 is 0 Å². The van der Waals surface area contributed by atoms with Crippen molar-refractivity contribution in [3.05, 3.63) is 193 Å². The molecule has 0 amide bonds. The molecule has 0 spiro atoms. The average molecular weight is 698 g/mol. The van der Waals surface area contributed by atoms with Crippen LogP contribution in [0.3, 0.4) is 0 Å². The SMILES string of the molecule is CC1(C)c2ccccc2-c2ccc(N(c3ccc(-c4cccc5c4sc4ccccc45)cc3)c3cc(C4=CC=CCC4)cc(-c4ccccc4)c3)cc21. The van der Waals surface area contributed by atoms with Crippen LogP contribution in [-0.2, 0) is 5.41 Å². The van der Waals surface area contributed by atoms with E-state index in [1.54, 1.807) is 0 Å². The second-order valence-corrected chi connectivity index (χ2v) is 15.9. The lowest BCUT2D eigenvalue weighted by Crippen LogP contribution is -2.16. The van der Waals surface area contributed by atoms with Gasteiger partial charge in [0, 0.05) is 42.6 Å². The van der Waals surface area contributed by atoms with Crippen molar-refractivity contribution in [1.29, 1.82) is 0 Å². The highest BCUT2D eigenvalue weighted by atomic mass is 32.1. The Labute approximate surface area is 315 Å². The third kappa shape index (κ3) is 5.36. The average Bonchev–Trinajstić information content (AvgIpc) is 3.71. The second-order valence-electron chi connectivity index (χ2n) is 14.9. The van der Waals surface area contributed by atoms with Crippen LogP contribution in [0.2, 0.25) is 0 Å². The molecule has 10 rings (SSSR count). The molecule has 0 saturated heterocycles. The van der Waals surface area contributed by atoms with Gasteiger partial charge in [-0.05, 0) is 117 Å². The monoisotopic (exact) mass is 697 g/mol. The van der Waals surface area contributed by atoms with E-state index in [2.05, 4.69) is 195 Å². The minimum absolute atomic E-state index is 0.101. The topological polar surface area (TPSA) is 3.24 Å². The summed E-state index contributed by atoms with van der Waals surface area (Å²) in [7, 11) is 0. The van der Waals surface area contributed by atoms with Crippen molar-refractivity contribution in [1.82, 2.24) is 0 Å². The number of allylic oxidation sites excluding steroid dienone is 4. The maximum absolute atomic E-state index is 2.47. The van der Waals surface area contributed by atoms with Crippen LogP contribution in [0.15, 0.2) is 176 Å². The molecule has 53 heavy (non-hydrogen) atoms. The van der Waals surface area contributed by atoms with E-state index in [0.717, 1.165) is 29.9 Å². The zero-order valence-corrected chi connectivity index (χ0v) is 30.8. The van der Waals surface area contributed by atoms with Gasteiger partial charge in [-0.2, -0.15) is 0 Å². The highest BCUT2D eigenvalue weighted by molar-refractivity contribution is 7.26. The molecule has 0 unspecified atom stereocenters. The fraction of sp³-hybridized carbons (Fsp3) is 0.0980. The van der Waals surface area contributed by atoms with Crippen LogP contribution >= 0.6 is 11.3 Å². The summed E-state index contributed by atoms with van der Waals surface area (Å²) in [6, 6.07) is 58.7. The Hall–Kier alpha value is -5.96. The van der Waals surface area contributed by atoms with E-state index in [1.165, 1.54) is 75.8 Å². The first-order valence-electron chi connectivity index (χ1n) is 18.6. The Morgan fingerprint density at radius 1 is 0.509 bits per heavy atom. The standard InChI is InChI=1S/C51H39NS/c1-51(2)47-22-11-9-18-43(47)44-29-28-40(33-48(44)51)52(41-31-37(34-14-5-3-6-15-34)30-38(32-41)35-16-7-4-8-17-35)39-26-24-36(25-27-39)42-20-13-21-46-45-19-10-12-23-49(45)53-50(42)46/h3-7,9-16,18-33H,8,17H2,1-2H3. The van der Waals surface area contributed by atoms with Gasteiger partial charge in [0.2, 0.25) is 0 Å². The van der Waals surface area contributed by atoms with Crippen LogP contribution in [-0.4, -0.2) is 0 Å². The highest BCUT2D eigenvalue weighted by Gasteiger charge is 2.35. The van der Waals surface area contributed by atoms with E-state index in [4.69, 9.17) is 0 Å². The first kappa shape index (κ1) is 31.7. The molecule has 2 aliphatic carbocycles. The largest absolute Gasteiger partial charge is 0.310 e. The van der Waals surface area contributed by atoms with Gasteiger partial charge in [0.25, 0.3) is 0 Å². The first-order chi connectivity index (χ1) is 26.0. The van der Waals surface area contributed by atoms with Crippen LogP contribution < -0.4 is 4.90 Å². The molecule has 2 heteroatoms. The number of hydrogen-bond acceptors (Lipinski definition) is 2. The van der Waals surface area contributed by atoms with Crippen molar-refractivity contribution in [2.75, 3.05) is 4.90 Å². The molecule has 1 aromatic heterocycles. The molecule has 0 aliphatic heterocycles. The molecule has 1 heterocycles. The number of hydrogen-bond donors (Lipinski definition) is 0. The molecule has 0 N–H and O–H groups in total. The Morgan fingerprint density at radius 3 is 2.08 bits per heavy atom. The van der Waals surface area contributed by atoms with Crippen molar-refractivity contribution < 1.29 is 0 Å². The third-order valence-electron chi connectivity index (χ3n) is 11.3. The molecule has 8 aromatic rings. The van der Waals surface area contributed by atoms with Gasteiger partial charge < -0.3 is 4.90 Å². The maximum atomic E-state index is 2.47. The summed E-state index contributed by atoms with van der Waals surface area (Å²) in [6.07, 6.45) is 8.87. The lowest BCUT2D eigenvalue weighted by Gasteiger charge is -2.29. The lowest BCUT2D eigenvalue weighted by atomic mass is 9.82. The Morgan fingerprint density at radius 2 is 1.23 bits per heavy atom. The van der Waals surface area contributed by atoms with Gasteiger partial charge in [-0.25, -0.2) is 0 Å². The Bertz CT molecular complexity index is 2740. The summed E-state index contributed by atoms with van der Waals surface area (Å²) in [5.41, 5.74) is 16.4. The summed E-state index contributed by atoms with van der Waals surface area (Å²) < 4.78 is 2.67. The van der Waals surface area contributed by atoms with Gasteiger partial charge in [-0.3, -0.25) is 0 Å². The Kier molecular flexibility index (Phi) is 7.56. The molecule has 254 valence electrons. The summed E-state index contributed by atoms with van der Waals surface area (Å²) in [5.74, 6) is 0. The van der Waals surface area contributed by atoms with Crippen LogP contribution in [0.25, 0.3) is 59.1 Å². The molecule has 0 bridgehead atoms. The van der Waals surface area contributed by atoms with Gasteiger partial charge in [-0.15, -0.1) is 11.3 Å². The fourth-order valence-corrected chi connectivity index (χ4v) is 9.85. The molecule has 0 atom stereocenters. The molecule has 7 aromatic carbocycles. The van der Waals surface area contributed by atoms with Crippen molar-refractivity contribution in [2.24, 2.45) is 0 Å². The van der Waals surface area contributed by atoms with Crippen molar-refractivity contribution in [2.45, 2.75) is 32.1 Å². The first-order valence-corrected chi connectivity index (χ1v) is 19.5. The third-order valence-corrected chi connectivity index (χ3v) is 12.6. The molecular weight excluding hydrogens is 659 g/mol. The zero-order valence-electron chi connectivity index (χ0n) is 30.0. The normalized spacial score (nSPS) is 14.3. The molecule has 2 aliphatic rings. The predicted molar refractivity (Wildman–Crippen MR) is 229 cm³/mol. The lowest BCUT2D eigenvalue weighted by molar-refractivity contribution is 0.660. The van der Waals surface area contributed by atoms with E-state index < -0.39 is 0 Å². The predicted octanol–water partition coefficient (Wildman–Crippen LogP) is 14.9. The van der Waals surface area contributed by atoms with E-state index in [-0.39, 0.29) is 5.41 Å². The summed E-state index contributed by atoms with van der Waals surface area (Å²) >= 11 is 1.89. The van der Waals surface area contributed by atoms with Gasteiger partial charge in [0.1, 0.15) is 0 Å². The smallest absolute Gasteiger partial charge is 0.0473 e.